The predicted molar refractivity (Wildman–Crippen MR) is 123 cm³/mol. The van der Waals surface area contributed by atoms with Crippen molar-refractivity contribution in [3.8, 4) is 0 Å². The van der Waals surface area contributed by atoms with E-state index in [-0.39, 0.29) is 5.56 Å². The Morgan fingerprint density at radius 2 is 1.90 bits per heavy atom. The van der Waals surface area contributed by atoms with Crippen LogP contribution >= 0.6 is 11.3 Å². The summed E-state index contributed by atoms with van der Waals surface area (Å²) in [6.45, 7) is 5.96. The van der Waals surface area contributed by atoms with Gasteiger partial charge in [-0.2, -0.15) is 11.3 Å². The van der Waals surface area contributed by atoms with E-state index in [1.807, 2.05) is 54.1 Å². The molecule has 3 aromatic rings. The van der Waals surface area contributed by atoms with Crippen LogP contribution < -0.4 is 16.2 Å². The molecular formula is C23H28N4O2S. The van der Waals surface area contributed by atoms with Gasteiger partial charge in [-0.1, -0.05) is 30.3 Å². The van der Waals surface area contributed by atoms with E-state index >= 15 is 0 Å². The van der Waals surface area contributed by atoms with Gasteiger partial charge in [-0.05, 0) is 53.4 Å². The number of benzene rings is 1. The Labute approximate surface area is 180 Å². The number of hydrogen-bond donors (Lipinski definition) is 3. The predicted octanol–water partition coefficient (Wildman–Crippen LogP) is 2.92. The number of rotatable bonds is 8. The number of aromatic nitrogens is 1. The van der Waals surface area contributed by atoms with Crippen LogP contribution in [0.25, 0.3) is 0 Å². The number of nitrogens with one attached hydrogen (secondary N) is 2. The minimum absolute atomic E-state index is 0.00846. The number of hydrogen-bond acceptors (Lipinski definition) is 4. The second-order valence-electron chi connectivity index (χ2n) is 7.32. The van der Waals surface area contributed by atoms with Crippen molar-refractivity contribution in [1.82, 2.24) is 15.2 Å². The molecule has 0 amide bonds. The van der Waals surface area contributed by atoms with Crippen LogP contribution in [0.2, 0.25) is 0 Å². The summed E-state index contributed by atoms with van der Waals surface area (Å²) < 4.78 is 1.68. The minimum atomic E-state index is -0.965. The molecular weight excluding hydrogens is 396 g/mol. The third kappa shape index (κ3) is 6.05. The van der Waals surface area contributed by atoms with Crippen molar-refractivity contribution >= 4 is 17.3 Å². The second-order valence-corrected chi connectivity index (χ2v) is 8.10. The zero-order chi connectivity index (χ0) is 21.4. The molecule has 0 aliphatic carbocycles. The van der Waals surface area contributed by atoms with Crippen LogP contribution in [-0.4, -0.2) is 28.7 Å². The molecule has 0 radical (unpaired) electrons. The molecule has 0 saturated carbocycles. The van der Waals surface area contributed by atoms with Gasteiger partial charge in [0.05, 0.1) is 19.6 Å². The Hall–Kier alpha value is -2.90. The molecule has 7 heteroatoms. The van der Waals surface area contributed by atoms with Gasteiger partial charge < -0.3 is 20.3 Å². The first-order valence-corrected chi connectivity index (χ1v) is 10.9. The zero-order valence-electron chi connectivity index (χ0n) is 17.3. The van der Waals surface area contributed by atoms with E-state index in [0.717, 1.165) is 23.2 Å². The Bertz CT molecular complexity index is 1010. The SMILES string of the molecule is CCNC(=NCc1ccc(Cn2ccccc2=O)cc1)NCC(C)(O)c1ccsc1. The molecule has 6 nitrogen and oxygen atoms in total. The van der Waals surface area contributed by atoms with E-state index in [1.54, 1.807) is 41.2 Å². The summed E-state index contributed by atoms with van der Waals surface area (Å²) in [5.41, 5.74) is 2.05. The highest BCUT2D eigenvalue weighted by atomic mass is 32.1. The zero-order valence-corrected chi connectivity index (χ0v) is 18.2. The third-order valence-corrected chi connectivity index (χ3v) is 5.47. The second kappa shape index (κ2) is 10.2. The van der Waals surface area contributed by atoms with Gasteiger partial charge in [0.1, 0.15) is 5.60 Å². The maximum absolute atomic E-state index is 11.9. The van der Waals surface area contributed by atoms with Crippen LogP contribution in [-0.2, 0) is 18.7 Å². The van der Waals surface area contributed by atoms with Crippen LogP contribution in [0.3, 0.4) is 0 Å². The molecule has 1 unspecified atom stereocenters. The maximum atomic E-state index is 11.9. The monoisotopic (exact) mass is 424 g/mol. The summed E-state index contributed by atoms with van der Waals surface area (Å²) in [6, 6.07) is 15.2. The molecule has 0 aliphatic heterocycles. The third-order valence-electron chi connectivity index (χ3n) is 4.78. The van der Waals surface area contributed by atoms with Gasteiger partial charge in [-0.3, -0.25) is 4.79 Å². The van der Waals surface area contributed by atoms with Gasteiger partial charge in [0, 0.05) is 18.8 Å². The highest BCUT2D eigenvalue weighted by molar-refractivity contribution is 7.08. The summed E-state index contributed by atoms with van der Waals surface area (Å²) in [7, 11) is 0. The summed E-state index contributed by atoms with van der Waals surface area (Å²) in [5.74, 6) is 0.660. The lowest BCUT2D eigenvalue weighted by Gasteiger charge is -2.24. The Balaban J connectivity index is 1.60. The lowest BCUT2D eigenvalue weighted by molar-refractivity contribution is 0.0621. The number of guanidine groups is 1. The first-order chi connectivity index (χ1) is 14.5. The average Bonchev–Trinajstić information content (AvgIpc) is 3.29. The molecule has 158 valence electrons. The molecule has 0 fully saturated rings. The van der Waals surface area contributed by atoms with Crippen molar-refractivity contribution in [3.05, 3.63) is 92.5 Å². The van der Waals surface area contributed by atoms with Crippen molar-refractivity contribution in [2.75, 3.05) is 13.1 Å². The molecule has 1 atom stereocenters. The highest BCUT2D eigenvalue weighted by Gasteiger charge is 2.23. The van der Waals surface area contributed by atoms with Crippen molar-refractivity contribution in [1.29, 1.82) is 0 Å². The first kappa shape index (κ1) is 21.8. The van der Waals surface area contributed by atoms with Crippen molar-refractivity contribution in [2.45, 2.75) is 32.5 Å². The van der Waals surface area contributed by atoms with Crippen LogP contribution in [0.15, 0.2) is 75.3 Å². The fourth-order valence-electron chi connectivity index (χ4n) is 2.98. The number of pyridine rings is 1. The summed E-state index contributed by atoms with van der Waals surface area (Å²) in [6.07, 6.45) is 1.79. The minimum Gasteiger partial charge on any atom is -0.384 e. The first-order valence-electron chi connectivity index (χ1n) is 9.98. The van der Waals surface area contributed by atoms with E-state index in [9.17, 15) is 9.90 Å². The van der Waals surface area contributed by atoms with E-state index in [0.29, 0.717) is 25.6 Å². The normalized spacial score (nSPS) is 13.6. The largest absolute Gasteiger partial charge is 0.384 e. The number of aliphatic hydroxyl groups is 1. The molecule has 2 aromatic heterocycles. The molecule has 3 rings (SSSR count). The molecule has 3 N–H and O–H groups in total. The van der Waals surface area contributed by atoms with E-state index in [2.05, 4.69) is 15.6 Å². The Morgan fingerprint density at radius 1 is 1.13 bits per heavy atom. The van der Waals surface area contributed by atoms with Crippen molar-refractivity contribution < 1.29 is 5.11 Å². The van der Waals surface area contributed by atoms with Crippen LogP contribution in [0.5, 0.6) is 0 Å². The number of aliphatic imine (C=N–C) groups is 1. The molecule has 2 heterocycles. The standard InChI is InChI=1S/C23H28N4O2S/c1-3-24-22(26-17-23(2,29)20-11-13-30-16-20)25-14-18-7-9-19(10-8-18)15-27-12-5-4-6-21(27)28/h4-13,16,29H,3,14-15,17H2,1-2H3,(H2,24,25,26). The summed E-state index contributed by atoms with van der Waals surface area (Å²) in [5, 5.41) is 21.0. The van der Waals surface area contributed by atoms with Gasteiger partial charge in [-0.15, -0.1) is 0 Å². The summed E-state index contributed by atoms with van der Waals surface area (Å²) >= 11 is 1.57. The molecule has 0 saturated heterocycles. The molecule has 1 aromatic carbocycles. The number of nitrogens with zero attached hydrogens (tertiary/aromatic N) is 2. The van der Waals surface area contributed by atoms with Gasteiger partial charge in [0.15, 0.2) is 5.96 Å². The topological polar surface area (TPSA) is 78.7 Å². The highest BCUT2D eigenvalue weighted by Crippen LogP contribution is 2.21. The van der Waals surface area contributed by atoms with Gasteiger partial charge in [0.25, 0.3) is 5.56 Å². The van der Waals surface area contributed by atoms with Gasteiger partial charge >= 0.3 is 0 Å². The fourth-order valence-corrected chi connectivity index (χ4v) is 3.76. The lowest BCUT2D eigenvalue weighted by Crippen LogP contribution is -2.44. The van der Waals surface area contributed by atoms with E-state index in [4.69, 9.17) is 0 Å². The Kier molecular flexibility index (Phi) is 7.43. The maximum Gasteiger partial charge on any atom is 0.250 e. The molecule has 0 aliphatic rings. The molecule has 0 bridgehead atoms. The Morgan fingerprint density at radius 3 is 2.57 bits per heavy atom. The van der Waals surface area contributed by atoms with Crippen LogP contribution in [0, 0.1) is 0 Å². The van der Waals surface area contributed by atoms with Crippen molar-refractivity contribution in [2.24, 2.45) is 4.99 Å². The fraction of sp³-hybridized carbons (Fsp3) is 0.304. The average molecular weight is 425 g/mol. The van der Waals surface area contributed by atoms with E-state index in [1.165, 1.54) is 0 Å². The van der Waals surface area contributed by atoms with Gasteiger partial charge in [0.2, 0.25) is 0 Å². The number of thiophene rings is 1. The van der Waals surface area contributed by atoms with Gasteiger partial charge in [-0.25, -0.2) is 4.99 Å². The quantitative estimate of drug-likeness (QED) is 0.384. The smallest absolute Gasteiger partial charge is 0.250 e. The molecule has 0 spiro atoms. The van der Waals surface area contributed by atoms with Crippen LogP contribution in [0.4, 0.5) is 0 Å². The lowest BCUT2D eigenvalue weighted by atomic mass is 9.99. The van der Waals surface area contributed by atoms with E-state index < -0.39 is 5.60 Å². The van der Waals surface area contributed by atoms with Crippen molar-refractivity contribution in [3.63, 3.8) is 0 Å². The molecule has 30 heavy (non-hydrogen) atoms. The summed E-state index contributed by atoms with van der Waals surface area (Å²) in [4.78, 5) is 16.5. The van der Waals surface area contributed by atoms with Crippen LogP contribution in [0.1, 0.15) is 30.5 Å².